The van der Waals surface area contributed by atoms with E-state index in [1.54, 1.807) is 0 Å². The van der Waals surface area contributed by atoms with E-state index in [2.05, 4.69) is 10.2 Å². The van der Waals surface area contributed by atoms with Gasteiger partial charge in [0.1, 0.15) is 0 Å². The number of amides is 1. The van der Waals surface area contributed by atoms with Gasteiger partial charge in [-0.25, -0.2) is 0 Å². The summed E-state index contributed by atoms with van der Waals surface area (Å²) in [6.45, 7) is 7.44. The Morgan fingerprint density at radius 2 is 1.70 bits per heavy atom. The molecule has 3 N–H and O–H groups in total. The number of piperidine rings is 1. The number of nitrogens with zero attached hydrogens (tertiary/aromatic N) is 1. The topological polar surface area (TPSA) is 58.4 Å². The first-order valence-corrected chi connectivity index (χ1v) is 7.16. The number of carbonyl (C=O) groups is 1. The summed E-state index contributed by atoms with van der Waals surface area (Å²) < 4.78 is 0. The van der Waals surface area contributed by atoms with Crippen molar-refractivity contribution in [3.8, 4) is 0 Å². The zero-order valence-corrected chi connectivity index (χ0v) is 14.4. The zero-order chi connectivity index (χ0) is 13.3. The summed E-state index contributed by atoms with van der Waals surface area (Å²) in [6.07, 6.45) is 4.83. The third kappa shape index (κ3) is 5.06. The smallest absolute Gasteiger partial charge is 0.234 e. The molecular formula is C14H29Cl2N3O. The summed E-state index contributed by atoms with van der Waals surface area (Å²) >= 11 is 0. The van der Waals surface area contributed by atoms with Crippen molar-refractivity contribution < 1.29 is 4.79 Å². The summed E-state index contributed by atoms with van der Waals surface area (Å²) in [6, 6.07) is 1.17. The monoisotopic (exact) mass is 325 g/mol. The Balaban J connectivity index is 0.00000180. The highest BCUT2D eigenvalue weighted by Gasteiger charge is 2.40. The first-order chi connectivity index (χ1) is 8.39. The van der Waals surface area contributed by atoms with Crippen molar-refractivity contribution in [1.82, 2.24) is 10.2 Å². The van der Waals surface area contributed by atoms with Gasteiger partial charge >= 0.3 is 0 Å². The van der Waals surface area contributed by atoms with Crippen LogP contribution in [0.3, 0.4) is 0 Å². The number of halogens is 2. The lowest BCUT2D eigenvalue weighted by Crippen LogP contribution is -2.51. The Kier molecular flexibility index (Phi) is 7.82. The maximum absolute atomic E-state index is 12.0. The fraction of sp³-hybridized carbons (Fsp3) is 0.929. The van der Waals surface area contributed by atoms with Crippen LogP contribution in [-0.2, 0) is 4.79 Å². The average Bonchev–Trinajstić information content (AvgIpc) is 2.49. The number of hydrogen-bond donors (Lipinski definition) is 2. The molecule has 0 aromatic carbocycles. The molecule has 2 bridgehead atoms. The third-order valence-corrected chi connectivity index (χ3v) is 4.16. The first kappa shape index (κ1) is 20.0. The van der Waals surface area contributed by atoms with Crippen molar-refractivity contribution >= 4 is 30.7 Å². The SMILES string of the molecule is CC(C)(C)NC(=O)CN1[C@@H]2CC[C@H]1CC(CN)C2.Cl.Cl. The molecule has 0 aromatic rings. The van der Waals surface area contributed by atoms with Crippen LogP contribution < -0.4 is 11.1 Å². The number of carbonyl (C=O) groups excluding carboxylic acids is 1. The van der Waals surface area contributed by atoms with Crippen LogP contribution in [0.5, 0.6) is 0 Å². The van der Waals surface area contributed by atoms with Gasteiger partial charge in [-0.15, -0.1) is 24.8 Å². The molecule has 3 atom stereocenters. The van der Waals surface area contributed by atoms with Crippen LogP contribution in [0.2, 0.25) is 0 Å². The predicted octanol–water partition coefficient (Wildman–Crippen LogP) is 1.95. The lowest BCUT2D eigenvalue weighted by Gasteiger charge is -2.38. The molecule has 120 valence electrons. The summed E-state index contributed by atoms with van der Waals surface area (Å²) in [5.74, 6) is 0.829. The summed E-state index contributed by atoms with van der Waals surface area (Å²) in [5, 5.41) is 3.06. The van der Waals surface area contributed by atoms with Gasteiger partial charge < -0.3 is 11.1 Å². The van der Waals surface area contributed by atoms with Gasteiger partial charge in [0.25, 0.3) is 0 Å². The second-order valence-corrected chi connectivity index (χ2v) is 6.93. The predicted molar refractivity (Wildman–Crippen MR) is 87.7 cm³/mol. The van der Waals surface area contributed by atoms with Crippen LogP contribution in [0.4, 0.5) is 0 Å². The molecule has 2 heterocycles. The molecule has 2 saturated heterocycles. The van der Waals surface area contributed by atoms with Crippen LogP contribution in [-0.4, -0.2) is 41.5 Å². The zero-order valence-electron chi connectivity index (χ0n) is 12.7. The second kappa shape index (κ2) is 7.83. The Labute approximate surface area is 135 Å². The third-order valence-electron chi connectivity index (χ3n) is 4.16. The largest absolute Gasteiger partial charge is 0.350 e. The number of rotatable bonds is 3. The van der Waals surface area contributed by atoms with Gasteiger partial charge in [-0.05, 0) is 58.9 Å². The molecule has 2 aliphatic heterocycles. The number of fused-ring (bicyclic) bond motifs is 2. The molecule has 0 aliphatic carbocycles. The molecule has 0 radical (unpaired) electrons. The quantitative estimate of drug-likeness (QED) is 0.833. The van der Waals surface area contributed by atoms with E-state index >= 15 is 0 Å². The van der Waals surface area contributed by atoms with E-state index < -0.39 is 0 Å². The molecule has 2 aliphatic rings. The van der Waals surface area contributed by atoms with Crippen LogP contribution in [0, 0.1) is 5.92 Å². The van der Waals surface area contributed by atoms with Gasteiger partial charge in [0.15, 0.2) is 0 Å². The van der Waals surface area contributed by atoms with Gasteiger partial charge in [-0.3, -0.25) is 9.69 Å². The van der Waals surface area contributed by atoms with E-state index in [0.717, 1.165) is 6.54 Å². The van der Waals surface area contributed by atoms with Crippen molar-refractivity contribution in [2.75, 3.05) is 13.1 Å². The van der Waals surface area contributed by atoms with Crippen molar-refractivity contribution in [2.45, 2.75) is 64.1 Å². The number of nitrogens with one attached hydrogen (secondary N) is 1. The Bertz CT molecular complexity index is 306. The fourth-order valence-corrected chi connectivity index (χ4v) is 3.46. The van der Waals surface area contributed by atoms with Gasteiger partial charge in [0.2, 0.25) is 5.91 Å². The molecule has 4 nitrogen and oxygen atoms in total. The number of hydrogen-bond acceptors (Lipinski definition) is 3. The molecule has 20 heavy (non-hydrogen) atoms. The maximum atomic E-state index is 12.0. The minimum Gasteiger partial charge on any atom is -0.350 e. The van der Waals surface area contributed by atoms with Gasteiger partial charge in [0.05, 0.1) is 6.54 Å². The van der Waals surface area contributed by atoms with Crippen LogP contribution >= 0.6 is 24.8 Å². The molecule has 0 aromatic heterocycles. The molecule has 1 unspecified atom stereocenters. The normalized spacial score (nSPS) is 29.3. The van der Waals surface area contributed by atoms with E-state index in [1.165, 1.54) is 25.7 Å². The molecule has 0 saturated carbocycles. The lowest BCUT2D eigenvalue weighted by atomic mass is 9.91. The second-order valence-electron chi connectivity index (χ2n) is 6.93. The van der Waals surface area contributed by atoms with Crippen molar-refractivity contribution in [1.29, 1.82) is 0 Å². The lowest BCUT2D eigenvalue weighted by molar-refractivity contribution is -0.125. The fourth-order valence-electron chi connectivity index (χ4n) is 3.46. The van der Waals surface area contributed by atoms with E-state index in [1.807, 2.05) is 20.8 Å². The Morgan fingerprint density at radius 3 is 2.10 bits per heavy atom. The Hall–Kier alpha value is -0.0300. The molecule has 2 rings (SSSR count). The summed E-state index contributed by atoms with van der Waals surface area (Å²) in [7, 11) is 0. The van der Waals surface area contributed by atoms with E-state index in [-0.39, 0.29) is 36.3 Å². The van der Waals surface area contributed by atoms with E-state index in [4.69, 9.17) is 5.73 Å². The highest BCUT2D eigenvalue weighted by molar-refractivity contribution is 5.85. The van der Waals surface area contributed by atoms with Gasteiger partial charge in [0, 0.05) is 17.6 Å². The van der Waals surface area contributed by atoms with Crippen molar-refractivity contribution in [3.05, 3.63) is 0 Å². The van der Waals surface area contributed by atoms with Crippen LogP contribution in [0.25, 0.3) is 0 Å². The number of nitrogens with two attached hydrogens (primary N) is 1. The average molecular weight is 326 g/mol. The van der Waals surface area contributed by atoms with Gasteiger partial charge in [-0.1, -0.05) is 0 Å². The molecule has 2 fully saturated rings. The van der Waals surface area contributed by atoms with Crippen LogP contribution in [0.15, 0.2) is 0 Å². The Morgan fingerprint density at radius 1 is 1.20 bits per heavy atom. The van der Waals surface area contributed by atoms with Gasteiger partial charge in [-0.2, -0.15) is 0 Å². The van der Waals surface area contributed by atoms with E-state index in [0.29, 0.717) is 24.5 Å². The van der Waals surface area contributed by atoms with Crippen molar-refractivity contribution in [3.63, 3.8) is 0 Å². The molecule has 1 amide bonds. The molecular weight excluding hydrogens is 297 g/mol. The summed E-state index contributed by atoms with van der Waals surface area (Å²) in [4.78, 5) is 14.4. The highest BCUT2D eigenvalue weighted by atomic mass is 35.5. The first-order valence-electron chi connectivity index (χ1n) is 7.16. The standard InChI is InChI=1S/C14H27N3O.2ClH/c1-14(2,3)16-13(18)9-17-11-4-5-12(17)7-10(6-11)8-15;;/h10-12H,4-9,15H2,1-3H3,(H,16,18);2*1H/t10?,11-,12+;;. The molecule has 6 heteroatoms. The highest BCUT2D eigenvalue weighted by Crippen LogP contribution is 2.37. The minimum absolute atomic E-state index is 0. The van der Waals surface area contributed by atoms with Crippen LogP contribution in [0.1, 0.15) is 46.5 Å². The maximum Gasteiger partial charge on any atom is 0.234 e. The van der Waals surface area contributed by atoms with Crippen molar-refractivity contribution in [2.24, 2.45) is 11.7 Å². The minimum atomic E-state index is -0.133. The van der Waals surface area contributed by atoms with E-state index in [9.17, 15) is 4.79 Å². The summed E-state index contributed by atoms with van der Waals surface area (Å²) in [5.41, 5.74) is 5.65. The molecule has 0 spiro atoms.